The van der Waals surface area contributed by atoms with Gasteiger partial charge in [-0.05, 0) is 55.3 Å². The Morgan fingerprint density at radius 2 is 1.81 bits per heavy atom. The number of hydrogen-bond acceptors (Lipinski definition) is 2. The second kappa shape index (κ2) is 7.72. The van der Waals surface area contributed by atoms with Crippen molar-refractivity contribution >= 4 is 33.4 Å². The molecule has 0 radical (unpaired) electrons. The van der Waals surface area contributed by atoms with Crippen molar-refractivity contribution < 1.29 is 22.8 Å². The molecule has 0 unspecified atom stereocenters. The van der Waals surface area contributed by atoms with Gasteiger partial charge in [0.2, 0.25) is 5.91 Å². The minimum atomic E-state index is -4.53. The molecule has 1 atom stereocenters. The smallest absolute Gasteiger partial charge is 0.327 e. The average molecular weight is 441 g/mol. The van der Waals surface area contributed by atoms with Crippen molar-refractivity contribution in [1.29, 1.82) is 0 Å². The largest absolute Gasteiger partial charge is 0.416 e. The molecule has 2 aromatic rings. The van der Waals surface area contributed by atoms with Crippen LogP contribution >= 0.6 is 15.9 Å². The van der Waals surface area contributed by atoms with E-state index in [0.717, 1.165) is 16.6 Å². The number of rotatable bonds is 3. The lowest BCUT2D eigenvalue weighted by molar-refractivity contribution is -0.137. The Labute approximate surface area is 162 Å². The van der Waals surface area contributed by atoms with Crippen molar-refractivity contribution in [3.63, 3.8) is 0 Å². The Hall–Kier alpha value is -2.35. The summed E-state index contributed by atoms with van der Waals surface area (Å²) in [7, 11) is 0. The first-order valence-corrected chi connectivity index (χ1v) is 9.09. The highest BCUT2D eigenvalue weighted by molar-refractivity contribution is 9.10. The number of halogens is 4. The molecular formula is C19H16BrF3N2O2. The summed E-state index contributed by atoms with van der Waals surface area (Å²) in [5.41, 5.74) is -0.377. The van der Waals surface area contributed by atoms with Crippen LogP contribution in [0.3, 0.4) is 0 Å². The van der Waals surface area contributed by atoms with Crippen molar-refractivity contribution in [2.75, 3.05) is 11.9 Å². The number of carbonyl (C=O) groups excluding carboxylic acids is 2. The van der Waals surface area contributed by atoms with Crippen LogP contribution in [-0.2, 0) is 11.0 Å². The van der Waals surface area contributed by atoms with Crippen molar-refractivity contribution in [3.05, 3.63) is 64.1 Å². The van der Waals surface area contributed by atoms with Crippen LogP contribution in [-0.4, -0.2) is 29.3 Å². The molecule has 1 heterocycles. The monoisotopic (exact) mass is 440 g/mol. The van der Waals surface area contributed by atoms with E-state index in [9.17, 15) is 22.8 Å². The zero-order chi connectivity index (χ0) is 19.6. The number of likely N-dealkylation sites (tertiary alicyclic amines) is 1. The molecule has 0 saturated carbocycles. The minimum absolute atomic E-state index is 0.0758. The number of amides is 2. The average Bonchev–Trinajstić information content (AvgIpc) is 3.12. The molecule has 1 aliphatic heterocycles. The predicted molar refractivity (Wildman–Crippen MR) is 98.3 cm³/mol. The maximum absolute atomic E-state index is 12.9. The van der Waals surface area contributed by atoms with Crippen LogP contribution in [0.15, 0.2) is 53.0 Å². The van der Waals surface area contributed by atoms with Crippen molar-refractivity contribution in [2.24, 2.45) is 0 Å². The molecule has 0 spiro atoms. The van der Waals surface area contributed by atoms with Crippen molar-refractivity contribution in [3.8, 4) is 0 Å². The van der Waals surface area contributed by atoms with Gasteiger partial charge in [0.1, 0.15) is 6.04 Å². The van der Waals surface area contributed by atoms with Gasteiger partial charge in [-0.25, -0.2) is 0 Å². The van der Waals surface area contributed by atoms with Gasteiger partial charge in [-0.15, -0.1) is 0 Å². The first-order valence-electron chi connectivity index (χ1n) is 8.30. The van der Waals surface area contributed by atoms with Crippen LogP contribution in [0, 0.1) is 0 Å². The second-order valence-corrected chi connectivity index (χ2v) is 7.15. The standard InChI is InChI=1S/C19H16BrF3N2O2/c20-14-6-8-15(9-7-14)24-17(26)16-5-2-10-25(16)18(27)12-3-1-4-13(11-12)19(21,22)23/h1,3-4,6-9,11,16H,2,5,10H2,(H,24,26)/t16-/m0/s1. The molecule has 0 aromatic heterocycles. The molecule has 1 aliphatic rings. The van der Waals surface area contributed by atoms with Crippen LogP contribution in [0.5, 0.6) is 0 Å². The quantitative estimate of drug-likeness (QED) is 0.750. The van der Waals surface area contributed by atoms with Gasteiger partial charge in [0, 0.05) is 22.3 Å². The summed E-state index contributed by atoms with van der Waals surface area (Å²) < 4.78 is 39.5. The van der Waals surface area contributed by atoms with E-state index in [1.807, 2.05) is 0 Å². The van der Waals surface area contributed by atoms with E-state index < -0.39 is 23.7 Å². The van der Waals surface area contributed by atoms with Gasteiger partial charge in [0.05, 0.1) is 5.56 Å². The molecule has 1 saturated heterocycles. The molecule has 0 bridgehead atoms. The fraction of sp³-hybridized carbons (Fsp3) is 0.263. The topological polar surface area (TPSA) is 49.4 Å². The lowest BCUT2D eigenvalue weighted by Gasteiger charge is -2.24. The summed E-state index contributed by atoms with van der Waals surface area (Å²) in [6.07, 6.45) is -3.45. The lowest BCUT2D eigenvalue weighted by atomic mass is 10.1. The molecule has 27 heavy (non-hydrogen) atoms. The van der Waals surface area contributed by atoms with Gasteiger partial charge in [-0.1, -0.05) is 22.0 Å². The molecule has 142 valence electrons. The third-order valence-electron chi connectivity index (χ3n) is 4.36. The summed E-state index contributed by atoms with van der Waals surface area (Å²) in [6.45, 7) is 0.327. The fourth-order valence-electron chi connectivity index (χ4n) is 3.04. The molecule has 2 amide bonds. The molecule has 1 fully saturated rings. The van der Waals surface area contributed by atoms with Gasteiger partial charge < -0.3 is 10.2 Å². The van der Waals surface area contributed by atoms with Crippen LogP contribution < -0.4 is 5.32 Å². The number of nitrogens with zero attached hydrogens (tertiary/aromatic N) is 1. The number of benzene rings is 2. The van der Waals surface area contributed by atoms with Gasteiger partial charge in [-0.3, -0.25) is 9.59 Å². The van der Waals surface area contributed by atoms with Crippen molar-refractivity contribution in [1.82, 2.24) is 4.90 Å². The third kappa shape index (κ3) is 4.50. The van der Waals surface area contributed by atoms with Crippen LogP contribution in [0.25, 0.3) is 0 Å². The molecular weight excluding hydrogens is 425 g/mol. The van der Waals surface area contributed by atoms with Crippen LogP contribution in [0.1, 0.15) is 28.8 Å². The normalized spacial score (nSPS) is 17.0. The fourth-order valence-corrected chi connectivity index (χ4v) is 3.30. The number of anilines is 1. The highest BCUT2D eigenvalue weighted by atomic mass is 79.9. The van der Waals surface area contributed by atoms with Crippen molar-refractivity contribution in [2.45, 2.75) is 25.1 Å². The Bertz CT molecular complexity index is 853. The highest BCUT2D eigenvalue weighted by Gasteiger charge is 2.36. The SMILES string of the molecule is O=C(Nc1ccc(Br)cc1)[C@@H]1CCCN1C(=O)c1cccc(C(F)(F)F)c1. The van der Waals surface area contributed by atoms with Gasteiger partial charge in [0.25, 0.3) is 5.91 Å². The minimum Gasteiger partial charge on any atom is -0.327 e. The summed E-state index contributed by atoms with van der Waals surface area (Å²) in [5.74, 6) is -0.926. The molecule has 8 heteroatoms. The van der Waals surface area contributed by atoms with Gasteiger partial charge >= 0.3 is 6.18 Å². The van der Waals surface area contributed by atoms with Gasteiger partial charge in [0.15, 0.2) is 0 Å². The van der Waals surface area contributed by atoms with E-state index in [4.69, 9.17) is 0 Å². The van der Waals surface area contributed by atoms with E-state index in [-0.39, 0.29) is 11.5 Å². The first kappa shape index (κ1) is 19.4. The molecule has 1 N–H and O–H groups in total. The summed E-state index contributed by atoms with van der Waals surface area (Å²) in [6, 6.07) is 10.5. The Balaban J connectivity index is 1.76. The summed E-state index contributed by atoms with van der Waals surface area (Å²) in [4.78, 5) is 26.6. The zero-order valence-electron chi connectivity index (χ0n) is 14.1. The van der Waals surface area contributed by atoms with E-state index in [1.165, 1.54) is 17.0 Å². The lowest BCUT2D eigenvalue weighted by Crippen LogP contribution is -2.43. The summed E-state index contributed by atoms with van der Waals surface area (Å²) >= 11 is 3.31. The Morgan fingerprint density at radius 3 is 2.48 bits per heavy atom. The number of nitrogens with one attached hydrogen (secondary N) is 1. The molecule has 4 nitrogen and oxygen atoms in total. The first-order chi connectivity index (χ1) is 12.8. The summed E-state index contributed by atoms with van der Waals surface area (Å²) in [5, 5.41) is 2.75. The van der Waals surface area contributed by atoms with Gasteiger partial charge in [-0.2, -0.15) is 13.2 Å². The zero-order valence-corrected chi connectivity index (χ0v) is 15.7. The van der Waals surface area contributed by atoms with Crippen LogP contribution in [0.2, 0.25) is 0 Å². The molecule has 0 aliphatic carbocycles. The van der Waals surface area contributed by atoms with E-state index in [2.05, 4.69) is 21.2 Å². The highest BCUT2D eigenvalue weighted by Crippen LogP contribution is 2.30. The third-order valence-corrected chi connectivity index (χ3v) is 4.89. The Morgan fingerprint density at radius 1 is 1.11 bits per heavy atom. The van der Waals surface area contributed by atoms with E-state index in [0.29, 0.717) is 25.1 Å². The Kier molecular flexibility index (Phi) is 5.55. The number of hydrogen-bond donors (Lipinski definition) is 1. The number of carbonyl (C=O) groups is 2. The number of alkyl halides is 3. The van der Waals surface area contributed by atoms with E-state index in [1.54, 1.807) is 24.3 Å². The predicted octanol–water partition coefficient (Wildman–Crippen LogP) is 4.71. The van der Waals surface area contributed by atoms with Crippen LogP contribution in [0.4, 0.5) is 18.9 Å². The van der Waals surface area contributed by atoms with E-state index >= 15 is 0 Å². The molecule has 3 rings (SSSR count). The second-order valence-electron chi connectivity index (χ2n) is 6.23. The maximum atomic E-state index is 12.9. The molecule has 2 aromatic carbocycles. The maximum Gasteiger partial charge on any atom is 0.416 e.